The van der Waals surface area contributed by atoms with Gasteiger partial charge in [0.1, 0.15) is 5.75 Å². The molecule has 0 aromatic heterocycles. The molecule has 0 spiro atoms. The van der Waals surface area contributed by atoms with Crippen LogP contribution in [-0.4, -0.2) is 31.3 Å². The maximum atomic E-state index is 10.8. The molecule has 0 bridgehead atoms. The van der Waals surface area contributed by atoms with Gasteiger partial charge in [-0.2, -0.15) is 0 Å². The Labute approximate surface area is 136 Å². The van der Waals surface area contributed by atoms with E-state index in [4.69, 9.17) is 5.11 Å². The van der Waals surface area contributed by atoms with Crippen molar-refractivity contribution >= 4 is 11.9 Å². The number of rotatable bonds is 2. The molecule has 0 unspecified atom stereocenters. The molecule has 5 nitrogen and oxygen atoms in total. The number of phenols is 1. The smallest absolute Gasteiger partial charge is 0.337 e. The molecule has 2 aromatic carbocycles. The lowest BCUT2D eigenvalue weighted by Crippen LogP contribution is -1.99. The highest BCUT2D eigenvalue weighted by Crippen LogP contribution is 2.11. The minimum atomic E-state index is -0.444. The normalized spacial score (nSPS) is 8.52. The van der Waals surface area contributed by atoms with Crippen LogP contribution < -0.4 is 0 Å². The zero-order valence-corrected chi connectivity index (χ0v) is 13.8. The minimum Gasteiger partial charge on any atom is -0.508 e. The molecule has 5 heteroatoms. The van der Waals surface area contributed by atoms with Crippen LogP contribution in [0.4, 0.5) is 0 Å². The van der Waals surface area contributed by atoms with Crippen molar-refractivity contribution in [2.24, 2.45) is 0 Å². The number of phenolic OH excluding ortho intramolecular Hbond substituents is 1. The summed E-state index contributed by atoms with van der Waals surface area (Å²) in [5, 5.41) is 8.95. The van der Waals surface area contributed by atoms with E-state index in [0.29, 0.717) is 11.1 Å². The van der Waals surface area contributed by atoms with Crippen molar-refractivity contribution in [1.29, 1.82) is 0 Å². The first kappa shape index (κ1) is 20.2. The Morgan fingerprint density at radius 3 is 1.74 bits per heavy atom. The van der Waals surface area contributed by atoms with Gasteiger partial charge in [0.2, 0.25) is 0 Å². The summed E-state index contributed by atoms with van der Waals surface area (Å²) < 4.78 is 8.94. The van der Waals surface area contributed by atoms with Gasteiger partial charge in [0.05, 0.1) is 25.3 Å². The van der Waals surface area contributed by atoms with Gasteiger partial charge in [-0.15, -0.1) is 0 Å². The van der Waals surface area contributed by atoms with Crippen LogP contribution in [0.5, 0.6) is 5.75 Å². The van der Waals surface area contributed by atoms with Crippen LogP contribution in [0.25, 0.3) is 0 Å². The van der Waals surface area contributed by atoms with Gasteiger partial charge < -0.3 is 14.6 Å². The van der Waals surface area contributed by atoms with Crippen molar-refractivity contribution in [2.45, 2.75) is 13.8 Å². The second-order valence-electron chi connectivity index (χ2n) is 3.90. The van der Waals surface area contributed by atoms with E-state index in [0.717, 1.165) is 0 Å². The fraction of sp³-hybridized carbons (Fsp3) is 0.222. The van der Waals surface area contributed by atoms with E-state index in [2.05, 4.69) is 9.47 Å². The highest BCUT2D eigenvalue weighted by Gasteiger charge is 2.03. The van der Waals surface area contributed by atoms with E-state index in [1.165, 1.54) is 26.4 Å². The van der Waals surface area contributed by atoms with Gasteiger partial charge in [0.25, 0.3) is 0 Å². The maximum Gasteiger partial charge on any atom is 0.337 e. The van der Waals surface area contributed by atoms with Crippen molar-refractivity contribution in [2.75, 3.05) is 14.2 Å². The molecule has 0 atom stereocenters. The highest BCUT2D eigenvalue weighted by molar-refractivity contribution is 5.89. The summed E-state index contributed by atoms with van der Waals surface area (Å²) >= 11 is 0. The molecule has 0 aliphatic heterocycles. The molecule has 0 amide bonds. The predicted molar refractivity (Wildman–Crippen MR) is 88.6 cm³/mol. The lowest BCUT2D eigenvalue weighted by molar-refractivity contribution is 0.0591. The largest absolute Gasteiger partial charge is 0.508 e. The van der Waals surface area contributed by atoms with Crippen LogP contribution in [0.2, 0.25) is 0 Å². The van der Waals surface area contributed by atoms with Gasteiger partial charge in [-0.1, -0.05) is 38.1 Å². The predicted octanol–water partition coefficient (Wildman–Crippen LogP) is 3.68. The van der Waals surface area contributed by atoms with Gasteiger partial charge in [0.15, 0.2) is 0 Å². The molecule has 2 rings (SSSR count). The summed E-state index contributed by atoms with van der Waals surface area (Å²) in [4.78, 5) is 21.6. The zero-order chi connectivity index (χ0) is 17.7. The van der Waals surface area contributed by atoms with Gasteiger partial charge in [-0.25, -0.2) is 9.59 Å². The van der Waals surface area contributed by atoms with E-state index in [-0.39, 0.29) is 11.7 Å². The molecule has 0 saturated carbocycles. The number of methoxy groups -OCH3 is 2. The third-order valence-corrected chi connectivity index (χ3v) is 2.46. The number of hydrogen-bond donors (Lipinski definition) is 1. The number of aromatic hydroxyl groups is 1. The third kappa shape index (κ3) is 7.66. The number of esters is 2. The second-order valence-corrected chi connectivity index (χ2v) is 3.90. The van der Waals surface area contributed by atoms with E-state index < -0.39 is 5.97 Å². The summed E-state index contributed by atoms with van der Waals surface area (Å²) in [7, 11) is 2.67. The van der Waals surface area contributed by atoms with Crippen molar-refractivity contribution < 1.29 is 24.2 Å². The Morgan fingerprint density at radius 2 is 1.26 bits per heavy atom. The second kappa shape index (κ2) is 11.8. The molecule has 1 N–H and O–H groups in total. The van der Waals surface area contributed by atoms with Crippen molar-refractivity contribution in [3.63, 3.8) is 0 Å². The van der Waals surface area contributed by atoms with E-state index >= 15 is 0 Å². The lowest BCUT2D eigenvalue weighted by Gasteiger charge is -1.97. The van der Waals surface area contributed by atoms with Crippen molar-refractivity contribution in [3.8, 4) is 5.75 Å². The average Bonchev–Trinajstić information content (AvgIpc) is 2.63. The topological polar surface area (TPSA) is 72.8 Å². The van der Waals surface area contributed by atoms with Crippen LogP contribution in [-0.2, 0) is 9.47 Å². The van der Waals surface area contributed by atoms with Crippen LogP contribution in [0.15, 0.2) is 54.6 Å². The quantitative estimate of drug-likeness (QED) is 0.855. The number of hydrogen-bond acceptors (Lipinski definition) is 5. The van der Waals surface area contributed by atoms with Gasteiger partial charge >= 0.3 is 11.9 Å². The number of ether oxygens (including phenoxy) is 2. The Morgan fingerprint density at radius 1 is 0.783 bits per heavy atom. The highest BCUT2D eigenvalue weighted by atomic mass is 16.5. The average molecular weight is 318 g/mol. The van der Waals surface area contributed by atoms with Gasteiger partial charge in [-0.3, -0.25) is 0 Å². The first-order chi connectivity index (χ1) is 11.1. The Kier molecular flexibility index (Phi) is 10.4. The SMILES string of the molecule is CC.COC(=O)c1cccc(O)c1.COC(=O)c1ccccc1. The molecule has 124 valence electrons. The molecule has 0 radical (unpaired) electrons. The van der Waals surface area contributed by atoms with Crippen molar-refractivity contribution in [3.05, 3.63) is 65.7 Å². The molecule has 0 heterocycles. The standard InChI is InChI=1S/C8H8O3.C8H8O2.C2H6/c1-11-8(10)6-3-2-4-7(9)5-6;1-10-8(9)7-5-3-2-4-6-7;1-2/h2-5,9H,1H3;2-6H,1H3;1-2H3. The maximum absolute atomic E-state index is 10.8. The molecule has 0 fully saturated rings. The summed E-state index contributed by atoms with van der Waals surface area (Å²) in [6.45, 7) is 4.00. The monoisotopic (exact) mass is 318 g/mol. The Balaban J connectivity index is 0.000000381. The minimum absolute atomic E-state index is 0.0629. The van der Waals surface area contributed by atoms with Gasteiger partial charge in [-0.05, 0) is 30.3 Å². The van der Waals surface area contributed by atoms with Gasteiger partial charge in [0, 0.05) is 0 Å². The number of benzene rings is 2. The fourth-order valence-corrected chi connectivity index (χ4v) is 1.44. The zero-order valence-electron chi connectivity index (χ0n) is 13.8. The molecular formula is C18H22O5. The van der Waals surface area contributed by atoms with Crippen molar-refractivity contribution in [1.82, 2.24) is 0 Å². The fourth-order valence-electron chi connectivity index (χ4n) is 1.44. The van der Waals surface area contributed by atoms with Crippen LogP contribution >= 0.6 is 0 Å². The third-order valence-electron chi connectivity index (χ3n) is 2.46. The lowest BCUT2D eigenvalue weighted by atomic mass is 10.2. The molecular weight excluding hydrogens is 296 g/mol. The summed E-state index contributed by atoms with van der Waals surface area (Å²) in [5.41, 5.74) is 0.942. The number of carbonyl (C=O) groups excluding carboxylic acids is 2. The van der Waals surface area contributed by atoms with Crippen LogP contribution in [0.3, 0.4) is 0 Å². The first-order valence-electron chi connectivity index (χ1n) is 7.09. The van der Waals surface area contributed by atoms with E-state index in [1.807, 2.05) is 19.9 Å². The van der Waals surface area contributed by atoms with E-state index in [9.17, 15) is 9.59 Å². The molecule has 2 aromatic rings. The Bertz CT molecular complexity index is 593. The summed E-state index contributed by atoms with van der Waals surface area (Å²) in [6.07, 6.45) is 0. The summed E-state index contributed by atoms with van der Waals surface area (Å²) in [5.74, 6) is -0.672. The Hall–Kier alpha value is -2.82. The summed E-state index contributed by atoms with van der Waals surface area (Å²) in [6, 6.07) is 14.9. The molecule has 0 saturated heterocycles. The van der Waals surface area contributed by atoms with Crippen LogP contribution in [0.1, 0.15) is 34.6 Å². The molecule has 0 aliphatic carbocycles. The molecule has 0 aliphatic rings. The van der Waals surface area contributed by atoms with Crippen LogP contribution in [0, 0.1) is 0 Å². The molecule has 23 heavy (non-hydrogen) atoms. The first-order valence-corrected chi connectivity index (χ1v) is 7.09. The van der Waals surface area contributed by atoms with E-state index in [1.54, 1.807) is 36.4 Å². The number of carbonyl (C=O) groups is 2.